The van der Waals surface area contributed by atoms with Gasteiger partial charge in [-0.15, -0.1) is 24.0 Å². The van der Waals surface area contributed by atoms with Crippen LogP contribution in [0.1, 0.15) is 18.1 Å². The smallest absolute Gasteiger partial charge is 0.191 e. The molecule has 7 heteroatoms. The Hall–Kier alpha value is -1.87. The molecule has 0 spiro atoms. The van der Waals surface area contributed by atoms with Gasteiger partial charge in [0, 0.05) is 13.1 Å². The highest BCUT2D eigenvalue weighted by Gasteiger charge is 2.07. The molecule has 5 nitrogen and oxygen atoms in total. The molecule has 27 heavy (non-hydrogen) atoms. The van der Waals surface area contributed by atoms with Gasteiger partial charge in [-0.2, -0.15) is 0 Å². The molecular formula is C20H27FIN3O2. The van der Waals surface area contributed by atoms with Crippen molar-refractivity contribution < 1.29 is 14.2 Å². The first kappa shape index (κ1) is 23.2. The number of benzene rings is 2. The number of ether oxygens (including phenoxy) is 1. The van der Waals surface area contributed by atoms with Crippen LogP contribution in [0.2, 0.25) is 0 Å². The molecule has 0 aliphatic rings. The summed E-state index contributed by atoms with van der Waals surface area (Å²) in [4.78, 5) is 4.44. The van der Waals surface area contributed by atoms with Gasteiger partial charge < -0.3 is 20.5 Å². The van der Waals surface area contributed by atoms with Gasteiger partial charge in [-0.05, 0) is 49.2 Å². The van der Waals surface area contributed by atoms with Crippen LogP contribution in [-0.2, 0) is 6.54 Å². The van der Waals surface area contributed by atoms with Crippen LogP contribution in [0.15, 0.2) is 53.5 Å². The van der Waals surface area contributed by atoms with Crippen molar-refractivity contribution in [1.82, 2.24) is 10.6 Å². The van der Waals surface area contributed by atoms with Crippen LogP contribution in [0.3, 0.4) is 0 Å². The van der Waals surface area contributed by atoms with Gasteiger partial charge in [0.25, 0.3) is 0 Å². The lowest BCUT2D eigenvalue weighted by Gasteiger charge is -2.16. The van der Waals surface area contributed by atoms with E-state index in [4.69, 9.17) is 4.74 Å². The number of nitrogens with one attached hydrogen (secondary N) is 2. The SMILES string of the molecule is CCNC(=NCc1ccc(F)cc1)NCC(O)COc1cccc(C)c1.I. The number of nitrogens with zero attached hydrogens (tertiary/aromatic N) is 1. The van der Waals surface area contributed by atoms with E-state index in [1.807, 2.05) is 38.1 Å². The molecule has 0 bridgehead atoms. The molecule has 0 heterocycles. The summed E-state index contributed by atoms with van der Waals surface area (Å²) in [6, 6.07) is 13.9. The molecule has 2 rings (SSSR count). The summed E-state index contributed by atoms with van der Waals surface area (Å²) in [5.74, 6) is 1.06. The van der Waals surface area contributed by atoms with Crippen molar-refractivity contribution in [2.45, 2.75) is 26.5 Å². The molecule has 0 aliphatic carbocycles. The zero-order chi connectivity index (χ0) is 18.8. The number of halogens is 2. The fraction of sp³-hybridized carbons (Fsp3) is 0.350. The van der Waals surface area contributed by atoms with E-state index in [0.717, 1.165) is 16.9 Å². The number of rotatable bonds is 8. The Morgan fingerprint density at radius 2 is 1.93 bits per heavy atom. The van der Waals surface area contributed by atoms with Gasteiger partial charge in [-0.25, -0.2) is 9.38 Å². The Morgan fingerprint density at radius 3 is 2.59 bits per heavy atom. The van der Waals surface area contributed by atoms with Gasteiger partial charge in [0.15, 0.2) is 5.96 Å². The normalized spacial score (nSPS) is 12.1. The summed E-state index contributed by atoms with van der Waals surface area (Å²) >= 11 is 0. The van der Waals surface area contributed by atoms with Crippen LogP contribution in [-0.4, -0.2) is 36.9 Å². The van der Waals surface area contributed by atoms with E-state index in [1.165, 1.54) is 12.1 Å². The van der Waals surface area contributed by atoms with Crippen molar-refractivity contribution >= 4 is 29.9 Å². The van der Waals surface area contributed by atoms with Crippen molar-refractivity contribution in [3.63, 3.8) is 0 Å². The minimum atomic E-state index is -0.676. The quantitative estimate of drug-likeness (QED) is 0.304. The Labute approximate surface area is 177 Å². The van der Waals surface area contributed by atoms with Gasteiger partial charge in [0.05, 0.1) is 6.54 Å². The monoisotopic (exact) mass is 487 g/mol. The Balaban J connectivity index is 0.00000364. The van der Waals surface area contributed by atoms with E-state index in [9.17, 15) is 9.50 Å². The topological polar surface area (TPSA) is 65.9 Å². The van der Waals surface area contributed by atoms with E-state index >= 15 is 0 Å². The van der Waals surface area contributed by atoms with E-state index in [-0.39, 0.29) is 36.4 Å². The summed E-state index contributed by atoms with van der Waals surface area (Å²) in [5.41, 5.74) is 2.02. The molecule has 3 N–H and O–H groups in total. The zero-order valence-corrected chi connectivity index (χ0v) is 17.9. The lowest BCUT2D eigenvalue weighted by Crippen LogP contribution is -2.42. The zero-order valence-electron chi connectivity index (χ0n) is 15.6. The second-order valence-electron chi connectivity index (χ2n) is 5.98. The maximum absolute atomic E-state index is 12.9. The molecule has 1 atom stereocenters. The number of aliphatic hydroxyl groups is 1. The van der Waals surface area contributed by atoms with E-state index < -0.39 is 6.10 Å². The summed E-state index contributed by atoms with van der Waals surface area (Å²) in [7, 11) is 0. The lowest BCUT2D eigenvalue weighted by molar-refractivity contribution is 0.110. The maximum atomic E-state index is 12.9. The molecular weight excluding hydrogens is 460 g/mol. The van der Waals surface area contributed by atoms with Crippen molar-refractivity contribution in [2.24, 2.45) is 4.99 Å². The first-order chi connectivity index (χ1) is 12.6. The number of guanidine groups is 1. The minimum Gasteiger partial charge on any atom is -0.491 e. The molecule has 2 aromatic rings. The fourth-order valence-corrected chi connectivity index (χ4v) is 2.27. The molecule has 1 unspecified atom stereocenters. The molecule has 0 aromatic heterocycles. The lowest BCUT2D eigenvalue weighted by atomic mass is 10.2. The summed E-state index contributed by atoms with van der Waals surface area (Å²) in [5, 5.41) is 16.3. The predicted octanol–water partition coefficient (Wildman–Crippen LogP) is 3.25. The van der Waals surface area contributed by atoms with E-state index in [1.54, 1.807) is 12.1 Å². The molecule has 148 valence electrons. The second-order valence-corrected chi connectivity index (χ2v) is 5.98. The third-order valence-corrected chi connectivity index (χ3v) is 3.61. The molecule has 0 saturated carbocycles. The summed E-state index contributed by atoms with van der Waals surface area (Å²) in [6.45, 7) is 5.57. The van der Waals surface area contributed by atoms with Crippen LogP contribution in [0.4, 0.5) is 4.39 Å². The standard InChI is InChI=1S/C20H26FN3O2.HI/c1-3-22-20(23-12-16-7-9-17(21)10-8-16)24-13-18(25)14-26-19-6-4-5-15(2)11-19;/h4-11,18,25H,3,12-14H2,1-2H3,(H2,22,23,24);1H. The fourth-order valence-electron chi connectivity index (χ4n) is 2.27. The maximum Gasteiger partial charge on any atom is 0.191 e. The van der Waals surface area contributed by atoms with Crippen LogP contribution >= 0.6 is 24.0 Å². The van der Waals surface area contributed by atoms with Gasteiger partial charge in [0.2, 0.25) is 0 Å². The molecule has 0 amide bonds. The highest BCUT2D eigenvalue weighted by atomic mass is 127. The molecule has 0 fully saturated rings. The number of hydrogen-bond donors (Lipinski definition) is 3. The number of hydrogen-bond acceptors (Lipinski definition) is 3. The average molecular weight is 487 g/mol. The van der Waals surface area contributed by atoms with E-state index in [2.05, 4.69) is 15.6 Å². The van der Waals surface area contributed by atoms with Gasteiger partial charge in [-0.3, -0.25) is 0 Å². The minimum absolute atomic E-state index is 0. The van der Waals surface area contributed by atoms with Crippen molar-refractivity contribution in [2.75, 3.05) is 19.7 Å². The number of aliphatic hydroxyl groups excluding tert-OH is 1. The highest BCUT2D eigenvalue weighted by Crippen LogP contribution is 2.12. The first-order valence-electron chi connectivity index (χ1n) is 8.71. The second kappa shape index (κ2) is 12.5. The van der Waals surface area contributed by atoms with Crippen molar-refractivity contribution in [1.29, 1.82) is 0 Å². The predicted molar refractivity (Wildman–Crippen MR) is 117 cm³/mol. The van der Waals surface area contributed by atoms with Crippen molar-refractivity contribution in [3.05, 3.63) is 65.5 Å². The average Bonchev–Trinajstić information content (AvgIpc) is 2.63. The molecule has 2 aromatic carbocycles. The molecule has 0 aliphatic heterocycles. The third-order valence-electron chi connectivity index (χ3n) is 3.61. The highest BCUT2D eigenvalue weighted by molar-refractivity contribution is 14.0. The Kier molecular flexibility index (Phi) is 10.7. The van der Waals surface area contributed by atoms with Crippen LogP contribution in [0.5, 0.6) is 5.75 Å². The van der Waals surface area contributed by atoms with Gasteiger partial charge in [0.1, 0.15) is 24.3 Å². The van der Waals surface area contributed by atoms with Gasteiger partial charge in [-0.1, -0.05) is 24.3 Å². The Bertz CT molecular complexity index is 711. The number of aryl methyl sites for hydroxylation is 1. The van der Waals surface area contributed by atoms with Crippen molar-refractivity contribution in [3.8, 4) is 5.75 Å². The first-order valence-corrected chi connectivity index (χ1v) is 8.71. The molecule has 0 saturated heterocycles. The third kappa shape index (κ3) is 9.05. The van der Waals surface area contributed by atoms with Crippen LogP contribution < -0.4 is 15.4 Å². The van der Waals surface area contributed by atoms with Crippen LogP contribution in [0.25, 0.3) is 0 Å². The molecule has 0 radical (unpaired) electrons. The van der Waals surface area contributed by atoms with Crippen LogP contribution in [0, 0.1) is 12.7 Å². The number of aliphatic imine (C=N–C) groups is 1. The Morgan fingerprint density at radius 1 is 1.19 bits per heavy atom. The van der Waals surface area contributed by atoms with Gasteiger partial charge >= 0.3 is 0 Å². The summed E-state index contributed by atoms with van der Waals surface area (Å²) in [6.07, 6.45) is -0.676. The largest absolute Gasteiger partial charge is 0.491 e. The summed E-state index contributed by atoms with van der Waals surface area (Å²) < 4.78 is 18.5. The van der Waals surface area contributed by atoms with E-state index in [0.29, 0.717) is 25.6 Å².